The second-order valence-electron chi connectivity index (χ2n) is 6.78. The summed E-state index contributed by atoms with van der Waals surface area (Å²) in [5.74, 6) is 2.15. The third-order valence-corrected chi connectivity index (χ3v) is 4.73. The van der Waals surface area contributed by atoms with Crippen molar-refractivity contribution in [1.82, 2.24) is 19.5 Å². The number of hydrogen-bond donors (Lipinski definition) is 1. The Morgan fingerprint density at radius 1 is 1.15 bits per heavy atom. The van der Waals surface area contributed by atoms with E-state index in [1.807, 2.05) is 36.4 Å². The number of ether oxygens (including phenoxy) is 1. The third-order valence-electron chi connectivity index (χ3n) is 4.73. The van der Waals surface area contributed by atoms with E-state index in [4.69, 9.17) is 4.74 Å². The van der Waals surface area contributed by atoms with Crippen molar-refractivity contribution in [3.63, 3.8) is 0 Å². The number of imidazole rings is 1. The van der Waals surface area contributed by atoms with Crippen molar-refractivity contribution < 1.29 is 4.74 Å². The SMILES string of the molecule is O=c1cc(OCc2ccccn2)ccn1-c1ccc2nc(C3CC3)[nH]c2c1. The standard InChI is InChI=1S/C21H18N4O2/c26-20-12-17(27-13-15-3-1-2-9-22-15)8-10-25(20)16-6-7-18-19(11-16)24-21(23-18)14-4-5-14/h1-3,6-12,14H,4-5,13H2,(H,23,24). The largest absolute Gasteiger partial charge is 0.487 e. The first-order chi connectivity index (χ1) is 13.3. The zero-order chi connectivity index (χ0) is 18.2. The van der Waals surface area contributed by atoms with Crippen LogP contribution in [0.2, 0.25) is 0 Å². The van der Waals surface area contributed by atoms with Crippen LogP contribution in [0.1, 0.15) is 30.3 Å². The van der Waals surface area contributed by atoms with Crippen molar-refractivity contribution in [3.05, 3.63) is 82.8 Å². The fourth-order valence-corrected chi connectivity index (χ4v) is 3.12. The second-order valence-corrected chi connectivity index (χ2v) is 6.78. The molecule has 0 spiro atoms. The summed E-state index contributed by atoms with van der Waals surface area (Å²) in [6.45, 7) is 0.328. The van der Waals surface area contributed by atoms with Crippen LogP contribution in [0.15, 0.2) is 65.7 Å². The summed E-state index contributed by atoms with van der Waals surface area (Å²) in [6.07, 6.45) is 5.85. The van der Waals surface area contributed by atoms with E-state index in [0.717, 1.165) is 28.2 Å². The normalized spacial score (nSPS) is 13.8. The van der Waals surface area contributed by atoms with Crippen LogP contribution in [-0.4, -0.2) is 19.5 Å². The summed E-state index contributed by atoms with van der Waals surface area (Å²) in [5.41, 5.74) is 3.36. The average Bonchev–Trinajstić information content (AvgIpc) is 3.46. The molecule has 0 atom stereocenters. The Hall–Kier alpha value is -3.41. The van der Waals surface area contributed by atoms with E-state index in [2.05, 4.69) is 15.0 Å². The number of benzene rings is 1. The van der Waals surface area contributed by atoms with Crippen molar-refractivity contribution in [3.8, 4) is 11.4 Å². The minimum absolute atomic E-state index is 0.144. The van der Waals surface area contributed by atoms with Gasteiger partial charge < -0.3 is 9.72 Å². The molecule has 5 rings (SSSR count). The molecule has 1 aliphatic rings. The summed E-state index contributed by atoms with van der Waals surface area (Å²) in [6, 6.07) is 14.8. The van der Waals surface area contributed by atoms with Crippen molar-refractivity contribution >= 4 is 11.0 Å². The molecule has 0 unspecified atom stereocenters. The van der Waals surface area contributed by atoms with Gasteiger partial charge in [0.15, 0.2) is 0 Å². The fraction of sp³-hybridized carbons (Fsp3) is 0.190. The van der Waals surface area contributed by atoms with Gasteiger partial charge in [0.25, 0.3) is 5.56 Å². The van der Waals surface area contributed by atoms with Crippen LogP contribution >= 0.6 is 0 Å². The molecule has 1 aliphatic carbocycles. The maximum Gasteiger partial charge on any atom is 0.258 e. The summed E-state index contributed by atoms with van der Waals surface area (Å²) < 4.78 is 7.28. The molecule has 3 heterocycles. The first-order valence-electron chi connectivity index (χ1n) is 9.02. The average molecular weight is 358 g/mol. The van der Waals surface area contributed by atoms with Gasteiger partial charge in [-0.25, -0.2) is 4.98 Å². The highest BCUT2D eigenvalue weighted by Crippen LogP contribution is 2.39. The molecule has 6 heteroatoms. The van der Waals surface area contributed by atoms with Crippen LogP contribution in [0.5, 0.6) is 5.75 Å². The van der Waals surface area contributed by atoms with E-state index in [1.54, 1.807) is 23.0 Å². The van der Waals surface area contributed by atoms with E-state index in [-0.39, 0.29) is 5.56 Å². The third kappa shape index (κ3) is 3.21. The maximum absolute atomic E-state index is 12.6. The molecule has 1 fully saturated rings. The zero-order valence-corrected chi connectivity index (χ0v) is 14.6. The molecule has 0 saturated heterocycles. The molecule has 1 N–H and O–H groups in total. The van der Waals surface area contributed by atoms with Gasteiger partial charge in [-0.3, -0.25) is 14.3 Å². The van der Waals surface area contributed by atoms with E-state index < -0.39 is 0 Å². The minimum atomic E-state index is -0.144. The van der Waals surface area contributed by atoms with Gasteiger partial charge in [-0.15, -0.1) is 0 Å². The Balaban J connectivity index is 1.39. The molecule has 27 heavy (non-hydrogen) atoms. The number of aromatic nitrogens is 4. The molecule has 0 aliphatic heterocycles. The van der Waals surface area contributed by atoms with Crippen molar-refractivity contribution in [2.75, 3.05) is 0 Å². The van der Waals surface area contributed by atoms with Crippen molar-refractivity contribution in [2.24, 2.45) is 0 Å². The number of pyridine rings is 2. The van der Waals surface area contributed by atoms with Gasteiger partial charge in [0.05, 0.1) is 22.4 Å². The highest BCUT2D eigenvalue weighted by Gasteiger charge is 2.26. The molecule has 1 saturated carbocycles. The second kappa shape index (κ2) is 6.39. The van der Waals surface area contributed by atoms with Crippen LogP contribution in [0.25, 0.3) is 16.7 Å². The monoisotopic (exact) mass is 358 g/mol. The van der Waals surface area contributed by atoms with Crippen LogP contribution in [-0.2, 0) is 6.61 Å². The number of H-pyrrole nitrogens is 1. The quantitative estimate of drug-likeness (QED) is 0.592. The van der Waals surface area contributed by atoms with Crippen LogP contribution in [0.4, 0.5) is 0 Å². The lowest BCUT2D eigenvalue weighted by molar-refractivity contribution is 0.300. The van der Waals surface area contributed by atoms with Gasteiger partial charge in [0.1, 0.15) is 18.2 Å². The van der Waals surface area contributed by atoms with E-state index in [0.29, 0.717) is 18.3 Å². The predicted molar refractivity (Wildman–Crippen MR) is 102 cm³/mol. The molecule has 0 radical (unpaired) electrons. The summed E-state index contributed by atoms with van der Waals surface area (Å²) in [4.78, 5) is 24.8. The van der Waals surface area contributed by atoms with Crippen molar-refractivity contribution in [2.45, 2.75) is 25.4 Å². The molecule has 1 aromatic carbocycles. The number of hydrogen-bond acceptors (Lipinski definition) is 4. The summed E-state index contributed by atoms with van der Waals surface area (Å²) >= 11 is 0. The number of aromatic amines is 1. The molecular weight excluding hydrogens is 340 g/mol. The molecular formula is C21H18N4O2. The smallest absolute Gasteiger partial charge is 0.258 e. The Kier molecular flexibility index (Phi) is 3.74. The van der Waals surface area contributed by atoms with Gasteiger partial charge in [0.2, 0.25) is 0 Å². The lowest BCUT2D eigenvalue weighted by Gasteiger charge is -2.09. The van der Waals surface area contributed by atoms with Gasteiger partial charge >= 0.3 is 0 Å². The highest BCUT2D eigenvalue weighted by molar-refractivity contribution is 5.77. The van der Waals surface area contributed by atoms with Crippen LogP contribution < -0.4 is 10.3 Å². The Morgan fingerprint density at radius 2 is 2.07 bits per heavy atom. The number of fused-ring (bicyclic) bond motifs is 1. The minimum Gasteiger partial charge on any atom is -0.487 e. The Bertz CT molecular complexity index is 1160. The first kappa shape index (κ1) is 15.8. The summed E-state index contributed by atoms with van der Waals surface area (Å²) in [7, 11) is 0. The highest BCUT2D eigenvalue weighted by atomic mass is 16.5. The van der Waals surface area contributed by atoms with Gasteiger partial charge in [-0.05, 0) is 49.2 Å². The van der Waals surface area contributed by atoms with Crippen LogP contribution in [0.3, 0.4) is 0 Å². The molecule has 6 nitrogen and oxygen atoms in total. The van der Waals surface area contributed by atoms with Gasteiger partial charge in [-0.2, -0.15) is 0 Å². The Labute approximate surface area is 155 Å². The number of nitrogens with one attached hydrogen (secondary N) is 1. The van der Waals surface area contributed by atoms with E-state index in [1.165, 1.54) is 18.9 Å². The summed E-state index contributed by atoms with van der Waals surface area (Å²) in [5, 5.41) is 0. The maximum atomic E-state index is 12.6. The first-order valence-corrected chi connectivity index (χ1v) is 9.02. The van der Waals surface area contributed by atoms with Crippen LogP contribution in [0, 0.1) is 0 Å². The number of nitrogens with zero attached hydrogens (tertiary/aromatic N) is 3. The fourth-order valence-electron chi connectivity index (χ4n) is 3.12. The zero-order valence-electron chi connectivity index (χ0n) is 14.6. The number of rotatable bonds is 5. The van der Waals surface area contributed by atoms with Gasteiger partial charge in [-0.1, -0.05) is 6.07 Å². The topological polar surface area (TPSA) is 72.8 Å². The van der Waals surface area contributed by atoms with Crippen molar-refractivity contribution in [1.29, 1.82) is 0 Å². The molecule has 3 aromatic heterocycles. The van der Waals surface area contributed by atoms with E-state index in [9.17, 15) is 4.79 Å². The molecule has 4 aromatic rings. The predicted octanol–water partition coefficient (Wildman–Crippen LogP) is 3.57. The van der Waals surface area contributed by atoms with Gasteiger partial charge in [0, 0.05) is 24.4 Å². The molecule has 0 amide bonds. The lowest BCUT2D eigenvalue weighted by Crippen LogP contribution is -2.16. The molecule has 134 valence electrons. The Morgan fingerprint density at radius 3 is 2.85 bits per heavy atom. The van der Waals surface area contributed by atoms with E-state index >= 15 is 0 Å². The lowest BCUT2D eigenvalue weighted by atomic mass is 10.2. The molecule has 0 bridgehead atoms.